The second-order valence-electron chi connectivity index (χ2n) is 7.89. The maximum absolute atomic E-state index is 12.5. The number of amides is 2. The third-order valence-corrected chi connectivity index (χ3v) is 5.53. The van der Waals surface area contributed by atoms with Crippen LogP contribution in [0.5, 0.6) is 5.75 Å². The second-order valence-corrected chi connectivity index (χ2v) is 7.89. The molecule has 2 N–H and O–H groups in total. The number of anilines is 1. The van der Waals surface area contributed by atoms with Crippen molar-refractivity contribution in [2.24, 2.45) is 0 Å². The Morgan fingerprint density at radius 2 is 1.67 bits per heavy atom. The normalized spacial score (nSPS) is 14.4. The van der Waals surface area contributed by atoms with Gasteiger partial charge in [-0.2, -0.15) is 0 Å². The van der Waals surface area contributed by atoms with Gasteiger partial charge in [0.2, 0.25) is 5.91 Å². The third-order valence-electron chi connectivity index (χ3n) is 5.53. The van der Waals surface area contributed by atoms with Crippen LogP contribution in [0.4, 0.5) is 5.69 Å². The number of para-hydroxylation sites is 2. The highest BCUT2D eigenvalue weighted by molar-refractivity contribution is 5.93. The summed E-state index contributed by atoms with van der Waals surface area (Å²) >= 11 is 0. The molecule has 0 unspecified atom stereocenters. The van der Waals surface area contributed by atoms with Gasteiger partial charge in [0, 0.05) is 12.1 Å². The van der Waals surface area contributed by atoms with E-state index >= 15 is 0 Å². The maximum atomic E-state index is 12.5. The maximum Gasteiger partial charge on any atom is 0.279 e. The molecule has 0 bridgehead atoms. The van der Waals surface area contributed by atoms with Gasteiger partial charge in [-0.15, -0.1) is 0 Å². The second kappa shape index (κ2) is 10.8. The van der Waals surface area contributed by atoms with Gasteiger partial charge >= 0.3 is 0 Å². The summed E-state index contributed by atoms with van der Waals surface area (Å²) in [5.41, 5.74) is 3.06. The van der Waals surface area contributed by atoms with E-state index in [-0.39, 0.29) is 11.8 Å². The number of carbonyl (C=O) groups excluding carboxylic acids is 2. The van der Waals surface area contributed by atoms with Crippen LogP contribution in [0.2, 0.25) is 0 Å². The van der Waals surface area contributed by atoms with E-state index in [4.69, 9.17) is 4.74 Å². The summed E-state index contributed by atoms with van der Waals surface area (Å²) in [4.78, 5) is 28.0. The molecule has 0 saturated carbocycles. The van der Waals surface area contributed by atoms with Crippen molar-refractivity contribution in [3.8, 4) is 5.75 Å². The summed E-state index contributed by atoms with van der Waals surface area (Å²) in [5.74, 6) is 1.03. The molecule has 1 heterocycles. The zero-order chi connectivity index (χ0) is 21.3. The zero-order valence-corrected chi connectivity index (χ0v) is 17.9. The number of quaternary nitrogens is 1. The Bertz CT molecular complexity index is 826. The van der Waals surface area contributed by atoms with Gasteiger partial charge in [0.25, 0.3) is 5.91 Å². The number of nitrogens with one attached hydrogen (secondary N) is 2. The van der Waals surface area contributed by atoms with Crippen molar-refractivity contribution in [3.63, 3.8) is 0 Å². The number of nitrogens with zero attached hydrogens (tertiary/aromatic N) is 1. The van der Waals surface area contributed by atoms with Gasteiger partial charge in [0.1, 0.15) is 5.75 Å². The van der Waals surface area contributed by atoms with Crippen LogP contribution >= 0.6 is 0 Å². The summed E-state index contributed by atoms with van der Waals surface area (Å²) in [5, 5.41) is 3.05. The van der Waals surface area contributed by atoms with Crippen molar-refractivity contribution < 1.29 is 19.2 Å². The number of rotatable bonds is 8. The molecule has 2 aromatic rings. The Balaban J connectivity index is 1.35. The molecule has 0 aliphatic carbocycles. The predicted octanol–water partition coefficient (Wildman–Crippen LogP) is 1.83. The Morgan fingerprint density at radius 1 is 1.00 bits per heavy atom. The first kappa shape index (κ1) is 21.8. The Hall–Kier alpha value is -2.86. The fraction of sp³-hybridized carbons (Fsp3) is 0.417. The minimum absolute atomic E-state index is 0.0280. The minimum atomic E-state index is 0.0280. The first-order valence-corrected chi connectivity index (χ1v) is 10.7. The summed E-state index contributed by atoms with van der Waals surface area (Å²) in [6.07, 6.45) is 1.20. The van der Waals surface area contributed by atoms with Gasteiger partial charge in [-0.25, -0.2) is 0 Å². The van der Waals surface area contributed by atoms with Crippen molar-refractivity contribution in [2.75, 3.05) is 44.6 Å². The Morgan fingerprint density at radius 3 is 2.33 bits per heavy atom. The van der Waals surface area contributed by atoms with Crippen LogP contribution in [0.1, 0.15) is 24.0 Å². The molecule has 30 heavy (non-hydrogen) atoms. The number of piperazine rings is 1. The van der Waals surface area contributed by atoms with Crippen LogP contribution in [0, 0.1) is 13.8 Å². The lowest BCUT2D eigenvalue weighted by molar-refractivity contribution is -0.895. The van der Waals surface area contributed by atoms with Crippen molar-refractivity contribution in [2.45, 2.75) is 26.7 Å². The van der Waals surface area contributed by atoms with Gasteiger partial charge in [0.05, 0.1) is 32.8 Å². The number of benzene rings is 2. The molecule has 6 nitrogen and oxygen atoms in total. The van der Waals surface area contributed by atoms with E-state index in [1.54, 1.807) is 0 Å². The lowest BCUT2D eigenvalue weighted by atomic mass is 10.1. The molecule has 0 spiro atoms. The largest absolute Gasteiger partial charge is 0.494 e. The van der Waals surface area contributed by atoms with Gasteiger partial charge in [-0.3, -0.25) is 9.59 Å². The monoisotopic (exact) mass is 410 g/mol. The highest BCUT2D eigenvalue weighted by atomic mass is 16.5. The standard InChI is InChI=1S/C24H31N3O3/c1-19-8-6-9-20(2)24(19)25-22(28)18-26-13-15-27(16-14-26)23(29)12-7-17-30-21-10-4-3-5-11-21/h3-6,8-11H,7,12-18H2,1-2H3,(H,25,28)/p+1. The summed E-state index contributed by atoms with van der Waals surface area (Å²) in [6, 6.07) is 15.7. The van der Waals surface area contributed by atoms with Gasteiger partial charge in [-0.05, 0) is 43.5 Å². The van der Waals surface area contributed by atoms with E-state index in [1.807, 2.05) is 67.3 Å². The molecule has 0 aromatic heterocycles. The third kappa shape index (κ3) is 6.32. The molecule has 3 rings (SSSR count). The number of ether oxygens (including phenoxy) is 1. The van der Waals surface area contributed by atoms with Gasteiger partial charge in [-0.1, -0.05) is 36.4 Å². The van der Waals surface area contributed by atoms with Crippen LogP contribution in [0.25, 0.3) is 0 Å². The molecule has 1 aliphatic rings. The van der Waals surface area contributed by atoms with Crippen LogP contribution in [-0.4, -0.2) is 56.0 Å². The molecule has 1 saturated heterocycles. The average Bonchev–Trinajstić information content (AvgIpc) is 2.75. The Kier molecular flexibility index (Phi) is 7.85. The first-order chi connectivity index (χ1) is 14.5. The van der Waals surface area contributed by atoms with Crippen molar-refractivity contribution in [3.05, 3.63) is 59.7 Å². The molecule has 1 fully saturated rings. The van der Waals surface area contributed by atoms with Crippen molar-refractivity contribution in [1.29, 1.82) is 0 Å². The van der Waals surface area contributed by atoms with E-state index in [1.165, 1.54) is 4.90 Å². The number of hydrogen-bond donors (Lipinski definition) is 2. The Labute approximate surface area is 178 Å². The van der Waals surface area contributed by atoms with E-state index in [0.29, 0.717) is 39.1 Å². The van der Waals surface area contributed by atoms with Crippen molar-refractivity contribution in [1.82, 2.24) is 4.90 Å². The van der Waals surface area contributed by atoms with E-state index in [9.17, 15) is 9.59 Å². The number of carbonyl (C=O) groups is 2. The molecule has 6 heteroatoms. The first-order valence-electron chi connectivity index (χ1n) is 10.7. The molecule has 1 aliphatic heterocycles. The molecular formula is C24H32N3O3+. The molecule has 2 aromatic carbocycles. The fourth-order valence-corrected chi connectivity index (χ4v) is 3.76. The quantitative estimate of drug-likeness (QED) is 0.653. The lowest BCUT2D eigenvalue weighted by Crippen LogP contribution is -3.15. The molecule has 0 atom stereocenters. The molecule has 160 valence electrons. The average molecular weight is 411 g/mol. The van der Waals surface area contributed by atoms with Crippen LogP contribution in [0.15, 0.2) is 48.5 Å². The summed E-state index contributed by atoms with van der Waals surface area (Å²) in [6.45, 7) is 7.98. The predicted molar refractivity (Wildman–Crippen MR) is 118 cm³/mol. The van der Waals surface area contributed by atoms with E-state index in [2.05, 4.69) is 5.32 Å². The van der Waals surface area contributed by atoms with Crippen LogP contribution in [0.3, 0.4) is 0 Å². The smallest absolute Gasteiger partial charge is 0.279 e. The van der Waals surface area contributed by atoms with E-state index in [0.717, 1.165) is 35.7 Å². The van der Waals surface area contributed by atoms with Gasteiger partial charge in [0.15, 0.2) is 6.54 Å². The number of hydrogen-bond acceptors (Lipinski definition) is 3. The van der Waals surface area contributed by atoms with E-state index < -0.39 is 0 Å². The lowest BCUT2D eigenvalue weighted by Gasteiger charge is -2.32. The SMILES string of the molecule is Cc1cccc(C)c1NC(=O)C[NH+]1CCN(C(=O)CCCOc2ccccc2)CC1. The highest BCUT2D eigenvalue weighted by Gasteiger charge is 2.25. The van der Waals surface area contributed by atoms with Gasteiger partial charge < -0.3 is 19.9 Å². The fourth-order valence-electron chi connectivity index (χ4n) is 3.76. The highest BCUT2D eigenvalue weighted by Crippen LogP contribution is 2.18. The number of aryl methyl sites for hydroxylation is 2. The molecule has 2 amide bonds. The zero-order valence-electron chi connectivity index (χ0n) is 17.9. The van der Waals surface area contributed by atoms with Crippen LogP contribution < -0.4 is 15.0 Å². The van der Waals surface area contributed by atoms with Crippen LogP contribution in [-0.2, 0) is 9.59 Å². The topological polar surface area (TPSA) is 63.1 Å². The minimum Gasteiger partial charge on any atom is -0.494 e. The molecular weight excluding hydrogens is 378 g/mol. The summed E-state index contributed by atoms with van der Waals surface area (Å²) in [7, 11) is 0. The summed E-state index contributed by atoms with van der Waals surface area (Å²) < 4.78 is 5.65. The molecule has 0 radical (unpaired) electrons. The van der Waals surface area contributed by atoms with Crippen molar-refractivity contribution >= 4 is 17.5 Å².